The maximum absolute atomic E-state index is 10.6. The summed E-state index contributed by atoms with van der Waals surface area (Å²) < 4.78 is 112. The summed E-state index contributed by atoms with van der Waals surface area (Å²) in [6.07, 6.45) is -12.3. The molecule has 3 rings (SSSR count). The van der Waals surface area contributed by atoms with Crippen molar-refractivity contribution in [2.45, 2.75) is 31.5 Å². The second-order valence-electron chi connectivity index (χ2n) is 9.36. The lowest BCUT2D eigenvalue weighted by molar-refractivity contribution is -0.193. The molecule has 3 N–H and O–H groups in total. The van der Waals surface area contributed by atoms with Gasteiger partial charge in [-0.1, -0.05) is 6.07 Å². The monoisotopic (exact) mass is 677 g/mol. The van der Waals surface area contributed by atoms with Gasteiger partial charge in [0.1, 0.15) is 0 Å². The number of carboxylic acid groups (broad SMARTS) is 3. The summed E-state index contributed by atoms with van der Waals surface area (Å²) in [6, 6.07) is 4.08. The van der Waals surface area contributed by atoms with E-state index < -0.39 is 36.4 Å². The maximum atomic E-state index is 10.6. The lowest BCUT2D eigenvalue weighted by atomic mass is 9.87. The average molecular weight is 678 g/mol. The molecule has 2 fully saturated rings. The van der Waals surface area contributed by atoms with Crippen molar-refractivity contribution < 1.29 is 83.4 Å². The molecule has 3 heterocycles. The van der Waals surface area contributed by atoms with Gasteiger partial charge in [0.15, 0.2) is 0 Å². The van der Waals surface area contributed by atoms with Gasteiger partial charge in [-0.25, -0.2) is 19.4 Å². The highest BCUT2D eigenvalue weighted by Crippen LogP contribution is 2.34. The Kier molecular flexibility index (Phi) is 17.1. The van der Waals surface area contributed by atoms with Gasteiger partial charge in [0.25, 0.3) is 0 Å². The van der Waals surface area contributed by atoms with Crippen molar-refractivity contribution in [1.82, 2.24) is 14.8 Å². The number of aliphatic carboxylic acids is 3. The molecule has 0 aliphatic carbocycles. The van der Waals surface area contributed by atoms with Crippen LogP contribution in [0.1, 0.15) is 12.0 Å². The van der Waals surface area contributed by atoms with Gasteiger partial charge in [0.2, 0.25) is 5.88 Å². The first-order valence-corrected chi connectivity index (χ1v) is 12.5. The van der Waals surface area contributed by atoms with Gasteiger partial charge >= 0.3 is 36.4 Å². The standard InChI is InChI=1S/C18H29N3O3.3C2HF3O2/c1-22-10-8-20-7-5-18(13-20)14-21(9-11-24-15-18)12-16-4-3-6-19-17(16)23-2;3*3-2(4,5)1(6)7/h3-4,6H,5,7-15H2,1-2H3;3*(H,6,7). The molecule has 21 heteroatoms. The Morgan fingerprint density at radius 1 is 0.889 bits per heavy atom. The van der Waals surface area contributed by atoms with E-state index in [4.69, 9.17) is 43.9 Å². The number of hydrogen-bond donors (Lipinski definition) is 3. The molecule has 12 nitrogen and oxygen atoms in total. The molecular formula is C24H32F9N3O9. The molecule has 0 saturated carbocycles. The molecule has 45 heavy (non-hydrogen) atoms. The quantitative estimate of drug-likeness (QED) is 0.379. The number of methoxy groups -OCH3 is 2. The van der Waals surface area contributed by atoms with E-state index in [2.05, 4.69) is 20.9 Å². The summed E-state index contributed by atoms with van der Waals surface area (Å²) in [5, 5.41) is 21.4. The second-order valence-corrected chi connectivity index (χ2v) is 9.36. The number of halogens is 9. The van der Waals surface area contributed by atoms with Crippen molar-refractivity contribution in [2.75, 3.05) is 66.8 Å². The van der Waals surface area contributed by atoms with Crippen molar-refractivity contribution in [3.63, 3.8) is 0 Å². The minimum Gasteiger partial charge on any atom is -0.481 e. The fraction of sp³-hybridized carbons (Fsp3) is 0.667. The van der Waals surface area contributed by atoms with Crippen molar-refractivity contribution >= 4 is 17.9 Å². The second kappa shape index (κ2) is 18.5. The van der Waals surface area contributed by atoms with E-state index in [0.717, 1.165) is 70.5 Å². The zero-order chi connectivity index (χ0) is 35.1. The summed E-state index contributed by atoms with van der Waals surface area (Å²) in [5.74, 6) is -7.54. The van der Waals surface area contributed by atoms with Crippen LogP contribution in [0.15, 0.2) is 18.3 Å². The lowest BCUT2D eigenvalue weighted by Crippen LogP contribution is -2.40. The van der Waals surface area contributed by atoms with Crippen molar-refractivity contribution in [1.29, 1.82) is 0 Å². The molecule has 1 aromatic rings. The Morgan fingerprint density at radius 2 is 1.38 bits per heavy atom. The van der Waals surface area contributed by atoms with Gasteiger partial charge in [0.05, 0.1) is 26.9 Å². The number of aromatic nitrogens is 1. The molecule has 0 amide bonds. The Bertz CT molecular complexity index is 1020. The van der Waals surface area contributed by atoms with E-state index in [1.807, 2.05) is 6.07 Å². The van der Waals surface area contributed by atoms with Crippen molar-refractivity contribution in [3.8, 4) is 5.88 Å². The van der Waals surface area contributed by atoms with Crippen LogP contribution in [-0.4, -0.2) is 133 Å². The molecule has 1 atom stereocenters. The molecule has 1 unspecified atom stereocenters. The first-order valence-electron chi connectivity index (χ1n) is 12.5. The Balaban J connectivity index is 0.000000753. The molecule has 260 valence electrons. The van der Waals surface area contributed by atoms with Crippen LogP contribution in [0, 0.1) is 5.41 Å². The minimum absolute atomic E-state index is 0.236. The first-order chi connectivity index (χ1) is 20.6. The zero-order valence-electron chi connectivity index (χ0n) is 23.8. The molecule has 1 aromatic heterocycles. The SMILES string of the molecule is COCCN1CCC2(COCCN(Cc3cccnc3OC)C2)C1.O=C(O)C(F)(F)F.O=C(O)C(F)(F)F.O=C(O)C(F)(F)F. The van der Waals surface area contributed by atoms with Crippen LogP contribution >= 0.6 is 0 Å². The molecule has 2 aliphatic rings. The molecule has 0 aromatic carbocycles. The van der Waals surface area contributed by atoms with Gasteiger partial charge < -0.3 is 34.4 Å². The molecular weight excluding hydrogens is 645 g/mol. The molecule has 2 saturated heterocycles. The number of likely N-dealkylation sites (tertiary alicyclic amines) is 1. The predicted molar refractivity (Wildman–Crippen MR) is 133 cm³/mol. The van der Waals surface area contributed by atoms with Crippen LogP contribution < -0.4 is 4.74 Å². The maximum Gasteiger partial charge on any atom is 0.490 e. The van der Waals surface area contributed by atoms with Gasteiger partial charge in [-0.15, -0.1) is 0 Å². The summed E-state index contributed by atoms with van der Waals surface area (Å²) in [6.45, 7) is 8.57. The number of rotatable bonds is 6. The number of alkyl halides is 9. The van der Waals surface area contributed by atoms with E-state index in [1.54, 1.807) is 20.4 Å². The van der Waals surface area contributed by atoms with E-state index in [1.165, 1.54) is 6.42 Å². The topological polar surface area (TPSA) is 159 Å². The smallest absolute Gasteiger partial charge is 0.481 e. The van der Waals surface area contributed by atoms with E-state index in [0.29, 0.717) is 0 Å². The number of carbonyl (C=O) groups is 3. The van der Waals surface area contributed by atoms with Gasteiger partial charge in [0, 0.05) is 57.0 Å². The predicted octanol–water partition coefficient (Wildman–Crippen LogP) is 3.16. The Labute approximate surface area is 250 Å². The summed E-state index contributed by atoms with van der Waals surface area (Å²) >= 11 is 0. The highest BCUT2D eigenvalue weighted by molar-refractivity contribution is 5.73. The van der Waals surface area contributed by atoms with Crippen LogP contribution in [-0.2, 0) is 30.4 Å². The summed E-state index contributed by atoms with van der Waals surface area (Å²) in [7, 11) is 3.45. The number of pyridine rings is 1. The highest BCUT2D eigenvalue weighted by Gasteiger charge is 2.41. The average Bonchev–Trinajstić information content (AvgIpc) is 3.20. The summed E-state index contributed by atoms with van der Waals surface area (Å²) in [5.41, 5.74) is 1.38. The number of carboxylic acids is 3. The Morgan fingerprint density at radius 3 is 1.82 bits per heavy atom. The fourth-order valence-corrected chi connectivity index (χ4v) is 3.87. The number of hydrogen-bond acceptors (Lipinski definition) is 9. The van der Waals surface area contributed by atoms with Crippen LogP contribution in [0.3, 0.4) is 0 Å². The third-order valence-electron chi connectivity index (χ3n) is 5.81. The molecule has 0 radical (unpaired) electrons. The number of ether oxygens (including phenoxy) is 3. The molecule has 1 spiro atoms. The van der Waals surface area contributed by atoms with Gasteiger partial charge in [-0.2, -0.15) is 39.5 Å². The lowest BCUT2D eigenvalue weighted by Gasteiger charge is -2.32. The number of nitrogens with zero attached hydrogens (tertiary/aromatic N) is 3. The van der Waals surface area contributed by atoms with Crippen LogP contribution in [0.4, 0.5) is 39.5 Å². The minimum atomic E-state index is -5.08. The highest BCUT2D eigenvalue weighted by atomic mass is 19.4. The zero-order valence-corrected chi connectivity index (χ0v) is 23.8. The van der Waals surface area contributed by atoms with E-state index in [-0.39, 0.29) is 5.41 Å². The van der Waals surface area contributed by atoms with E-state index in [9.17, 15) is 39.5 Å². The van der Waals surface area contributed by atoms with Crippen LogP contribution in [0.2, 0.25) is 0 Å². The van der Waals surface area contributed by atoms with E-state index >= 15 is 0 Å². The third kappa shape index (κ3) is 17.0. The third-order valence-corrected chi connectivity index (χ3v) is 5.81. The van der Waals surface area contributed by atoms with Gasteiger partial charge in [-0.3, -0.25) is 4.90 Å². The van der Waals surface area contributed by atoms with Crippen LogP contribution in [0.25, 0.3) is 0 Å². The normalized spacial score (nSPS) is 19.1. The Hall–Kier alpha value is -3.43. The van der Waals surface area contributed by atoms with Crippen molar-refractivity contribution in [3.05, 3.63) is 23.9 Å². The molecule has 0 bridgehead atoms. The largest absolute Gasteiger partial charge is 0.490 e. The fourth-order valence-electron chi connectivity index (χ4n) is 3.87. The summed E-state index contributed by atoms with van der Waals surface area (Å²) in [4.78, 5) is 36.0. The van der Waals surface area contributed by atoms with Crippen molar-refractivity contribution in [2.24, 2.45) is 5.41 Å². The van der Waals surface area contributed by atoms with Gasteiger partial charge in [-0.05, 0) is 19.0 Å². The first kappa shape index (κ1) is 41.6. The molecule has 2 aliphatic heterocycles. The van der Waals surface area contributed by atoms with Crippen LogP contribution in [0.5, 0.6) is 5.88 Å².